The second-order valence-corrected chi connectivity index (χ2v) is 4.56. The first-order valence-corrected chi connectivity index (χ1v) is 6.14. The topological polar surface area (TPSA) is 50.4 Å². The van der Waals surface area contributed by atoms with Crippen LogP contribution < -0.4 is 10.6 Å². The van der Waals surface area contributed by atoms with Gasteiger partial charge in [-0.15, -0.1) is 0 Å². The monoisotopic (exact) mass is 288 g/mol. The Bertz CT molecular complexity index is 491. The van der Waals surface area contributed by atoms with Gasteiger partial charge in [0, 0.05) is 20.2 Å². The second-order valence-electron chi connectivity index (χ2n) is 4.56. The van der Waals surface area contributed by atoms with Crippen molar-refractivity contribution in [3.05, 3.63) is 35.4 Å². The van der Waals surface area contributed by atoms with Crippen LogP contribution in [0.4, 0.5) is 13.2 Å². The summed E-state index contributed by atoms with van der Waals surface area (Å²) in [6, 6.07) is 4.39. The van der Waals surface area contributed by atoms with E-state index in [1.165, 1.54) is 25.3 Å². The summed E-state index contributed by atoms with van der Waals surface area (Å²) >= 11 is 0. The van der Waals surface area contributed by atoms with E-state index in [9.17, 15) is 18.0 Å². The lowest BCUT2D eigenvalue weighted by molar-refractivity contribution is -0.137. The van der Waals surface area contributed by atoms with Gasteiger partial charge in [-0.05, 0) is 12.1 Å². The third kappa shape index (κ3) is 3.10. The van der Waals surface area contributed by atoms with Gasteiger partial charge in [-0.1, -0.05) is 12.1 Å². The third-order valence-electron chi connectivity index (χ3n) is 3.25. The number of methoxy groups -OCH3 is 1. The average Bonchev–Trinajstić information content (AvgIpc) is 2.85. The van der Waals surface area contributed by atoms with Crippen LogP contribution in [-0.4, -0.2) is 38.3 Å². The Balaban J connectivity index is 2.18. The van der Waals surface area contributed by atoms with E-state index in [4.69, 9.17) is 4.74 Å². The van der Waals surface area contributed by atoms with Crippen molar-refractivity contribution in [2.24, 2.45) is 0 Å². The first-order chi connectivity index (χ1) is 9.43. The molecule has 0 spiro atoms. The van der Waals surface area contributed by atoms with Crippen molar-refractivity contribution >= 4 is 5.91 Å². The molecule has 1 aromatic rings. The van der Waals surface area contributed by atoms with Gasteiger partial charge in [0.1, 0.15) is 0 Å². The van der Waals surface area contributed by atoms with E-state index in [-0.39, 0.29) is 17.7 Å². The summed E-state index contributed by atoms with van der Waals surface area (Å²) in [5.41, 5.74) is -1.31. The highest BCUT2D eigenvalue weighted by Crippen LogP contribution is 2.31. The van der Waals surface area contributed by atoms with E-state index in [1.807, 2.05) is 0 Å². The van der Waals surface area contributed by atoms with E-state index in [1.54, 1.807) is 0 Å². The summed E-state index contributed by atoms with van der Waals surface area (Å²) in [7, 11) is 1.50. The SMILES string of the molecule is COC1CNCC1NC(=O)c1ccccc1C(F)(F)F. The molecule has 0 bridgehead atoms. The lowest BCUT2D eigenvalue weighted by atomic mass is 10.1. The van der Waals surface area contributed by atoms with Crippen LogP contribution in [0.15, 0.2) is 24.3 Å². The van der Waals surface area contributed by atoms with Crippen LogP contribution in [0.5, 0.6) is 0 Å². The van der Waals surface area contributed by atoms with E-state index in [0.29, 0.717) is 13.1 Å². The molecule has 1 heterocycles. The average molecular weight is 288 g/mol. The number of nitrogens with one attached hydrogen (secondary N) is 2. The Hall–Kier alpha value is -1.60. The molecule has 1 fully saturated rings. The van der Waals surface area contributed by atoms with Crippen molar-refractivity contribution < 1.29 is 22.7 Å². The molecular formula is C13H15F3N2O2. The maximum Gasteiger partial charge on any atom is 0.417 e. The number of amides is 1. The van der Waals surface area contributed by atoms with E-state index >= 15 is 0 Å². The van der Waals surface area contributed by atoms with Gasteiger partial charge in [0.2, 0.25) is 0 Å². The number of carbonyl (C=O) groups excluding carboxylic acids is 1. The minimum atomic E-state index is -4.55. The summed E-state index contributed by atoms with van der Waals surface area (Å²) in [5, 5.41) is 5.60. The molecule has 0 radical (unpaired) electrons. The zero-order chi connectivity index (χ0) is 14.8. The zero-order valence-corrected chi connectivity index (χ0v) is 10.8. The van der Waals surface area contributed by atoms with Crippen molar-refractivity contribution in [1.29, 1.82) is 0 Å². The number of ether oxygens (including phenoxy) is 1. The molecule has 2 unspecified atom stereocenters. The minimum Gasteiger partial charge on any atom is -0.378 e. The van der Waals surface area contributed by atoms with Crippen molar-refractivity contribution in [3.63, 3.8) is 0 Å². The van der Waals surface area contributed by atoms with Crippen molar-refractivity contribution in [3.8, 4) is 0 Å². The Morgan fingerprint density at radius 2 is 2.05 bits per heavy atom. The van der Waals surface area contributed by atoms with Crippen LogP contribution in [0.2, 0.25) is 0 Å². The Labute approximate surface area is 114 Å². The molecule has 2 N–H and O–H groups in total. The van der Waals surface area contributed by atoms with Gasteiger partial charge in [0.25, 0.3) is 5.91 Å². The highest BCUT2D eigenvalue weighted by Gasteiger charge is 2.36. The standard InChI is InChI=1S/C13H15F3N2O2/c1-20-11-7-17-6-10(11)18-12(19)8-4-2-3-5-9(8)13(14,15)16/h2-5,10-11,17H,6-7H2,1H3,(H,18,19). The summed E-state index contributed by atoms with van der Waals surface area (Å²) in [6.45, 7) is 1.03. The maximum absolute atomic E-state index is 12.8. The number of hydrogen-bond donors (Lipinski definition) is 2. The van der Waals surface area contributed by atoms with Crippen LogP contribution in [0.1, 0.15) is 15.9 Å². The van der Waals surface area contributed by atoms with Crippen molar-refractivity contribution in [1.82, 2.24) is 10.6 Å². The van der Waals surface area contributed by atoms with Gasteiger partial charge in [-0.2, -0.15) is 13.2 Å². The lowest BCUT2D eigenvalue weighted by Crippen LogP contribution is -2.44. The fourth-order valence-electron chi connectivity index (χ4n) is 2.22. The predicted molar refractivity (Wildman–Crippen MR) is 66.4 cm³/mol. The third-order valence-corrected chi connectivity index (χ3v) is 3.25. The molecule has 20 heavy (non-hydrogen) atoms. The largest absolute Gasteiger partial charge is 0.417 e. The lowest BCUT2D eigenvalue weighted by Gasteiger charge is -2.20. The quantitative estimate of drug-likeness (QED) is 0.884. The Kier molecular flexibility index (Phi) is 4.29. The summed E-state index contributed by atoms with van der Waals surface area (Å²) in [6.07, 6.45) is -4.79. The van der Waals surface area contributed by atoms with Gasteiger partial charge in [0.05, 0.1) is 23.3 Å². The molecule has 1 aliphatic heterocycles. The smallest absolute Gasteiger partial charge is 0.378 e. The Morgan fingerprint density at radius 1 is 1.35 bits per heavy atom. The number of rotatable bonds is 3. The van der Waals surface area contributed by atoms with Gasteiger partial charge in [0.15, 0.2) is 0 Å². The van der Waals surface area contributed by atoms with Crippen molar-refractivity contribution in [2.45, 2.75) is 18.3 Å². The fourth-order valence-corrected chi connectivity index (χ4v) is 2.22. The number of alkyl halides is 3. The number of carbonyl (C=O) groups is 1. The molecule has 4 nitrogen and oxygen atoms in total. The molecule has 0 aliphatic carbocycles. The number of halogens is 3. The van der Waals surface area contributed by atoms with E-state index in [2.05, 4.69) is 10.6 Å². The van der Waals surface area contributed by atoms with E-state index in [0.717, 1.165) is 6.07 Å². The molecule has 2 rings (SSSR count). The molecule has 0 aromatic heterocycles. The van der Waals surface area contributed by atoms with Crippen LogP contribution in [0.3, 0.4) is 0 Å². The second kappa shape index (κ2) is 5.80. The normalized spacial score (nSPS) is 22.8. The highest BCUT2D eigenvalue weighted by atomic mass is 19.4. The first-order valence-electron chi connectivity index (χ1n) is 6.14. The first kappa shape index (κ1) is 14.8. The summed E-state index contributed by atoms with van der Waals surface area (Å²) < 4.78 is 43.7. The number of benzene rings is 1. The van der Waals surface area contributed by atoms with Gasteiger partial charge in [-0.3, -0.25) is 4.79 Å². The molecule has 110 valence electrons. The van der Waals surface area contributed by atoms with Gasteiger partial charge in [-0.25, -0.2) is 0 Å². The minimum absolute atomic E-state index is 0.239. The summed E-state index contributed by atoms with van der Waals surface area (Å²) in [4.78, 5) is 12.0. The molecule has 0 saturated carbocycles. The Morgan fingerprint density at radius 3 is 2.70 bits per heavy atom. The molecule has 2 atom stereocenters. The van der Waals surface area contributed by atoms with Crippen LogP contribution >= 0.6 is 0 Å². The maximum atomic E-state index is 12.8. The van der Waals surface area contributed by atoms with Crippen LogP contribution in [-0.2, 0) is 10.9 Å². The van der Waals surface area contributed by atoms with Gasteiger partial charge < -0.3 is 15.4 Å². The predicted octanol–water partition coefficient (Wildman–Crippen LogP) is 1.42. The molecule has 1 saturated heterocycles. The van der Waals surface area contributed by atoms with Crippen LogP contribution in [0, 0.1) is 0 Å². The molecule has 1 aliphatic rings. The molecule has 7 heteroatoms. The molecular weight excluding hydrogens is 273 g/mol. The zero-order valence-electron chi connectivity index (χ0n) is 10.8. The molecule has 1 amide bonds. The summed E-state index contributed by atoms with van der Waals surface area (Å²) in [5.74, 6) is -0.742. The van der Waals surface area contributed by atoms with Crippen LogP contribution in [0.25, 0.3) is 0 Å². The van der Waals surface area contributed by atoms with Crippen molar-refractivity contribution in [2.75, 3.05) is 20.2 Å². The number of hydrogen-bond acceptors (Lipinski definition) is 3. The van der Waals surface area contributed by atoms with Gasteiger partial charge >= 0.3 is 6.18 Å². The molecule has 1 aromatic carbocycles. The van der Waals surface area contributed by atoms with E-state index < -0.39 is 17.6 Å². The fraction of sp³-hybridized carbons (Fsp3) is 0.462. The highest BCUT2D eigenvalue weighted by molar-refractivity contribution is 5.96.